The Hall–Kier alpha value is -2.09. The van der Waals surface area contributed by atoms with Crippen molar-refractivity contribution in [3.63, 3.8) is 0 Å². The number of hydrogen-bond acceptors (Lipinski definition) is 1. The largest absolute Gasteiger partial charge is 0.280 e. The molecule has 0 saturated heterocycles. The van der Waals surface area contributed by atoms with Crippen molar-refractivity contribution in [2.24, 2.45) is 0 Å². The Morgan fingerprint density at radius 1 is 0.944 bits per heavy atom. The molecule has 3 aromatic rings. The molecule has 0 amide bonds. The number of hydrogen-bond donors (Lipinski definition) is 0. The van der Waals surface area contributed by atoms with E-state index in [1.54, 1.807) is 0 Å². The fraction of sp³-hybridized carbons (Fsp3) is 0.188. The first-order valence-corrected chi connectivity index (χ1v) is 6.34. The molecule has 0 bridgehead atoms. The number of rotatable bonds is 2. The summed E-state index contributed by atoms with van der Waals surface area (Å²) in [4.78, 5) is 12.3. The van der Waals surface area contributed by atoms with Crippen LogP contribution in [0.15, 0.2) is 48.5 Å². The molecular weight excluding hydrogens is 222 g/mol. The lowest BCUT2D eigenvalue weighted by Gasteiger charge is -2.04. The van der Waals surface area contributed by atoms with Crippen molar-refractivity contribution >= 4 is 27.7 Å². The summed E-state index contributed by atoms with van der Waals surface area (Å²) in [5, 5.41) is 2.30. The summed E-state index contributed by atoms with van der Waals surface area (Å²) in [7, 11) is 0. The maximum absolute atomic E-state index is 12.3. The van der Waals surface area contributed by atoms with Crippen LogP contribution in [0.25, 0.3) is 21.8 Å². The molecule has 1 aromatic heterocycles. The first kappa shape index (κ1) is 11.0. The Labute approximate surface area is 106 Å². The topological polar surface area (TPSA) is 22.0 Å². The van der Waals surface area contributed by atoms with E-state index in [0.717, 1.165) is 28.2 Å². The Morgan fingerprint density at radius 3 is 1.94 bits per heavy atom. The van der Waals surface area contributed by atoms with Gasteiger partial charge in [-0.05, 0) is 18.6 Å². The van der Waals surface area contributed by atoms with Crippen LogP contribution < -0.4 is 0 Å². The molecule has 18 heavy (non-hydrogen) atoms. The first-order valence-electron chi connectivity index (χ1n) is 6.34. The minimum Gasteiger partial charge on any atom is -0.280 e. The van der Waals surface area contributed by atoms with Crippen LogP contribution in [0.3, 0.4) is 0 Å². The molecule has 0 fully saturated rings. The summed E-state index contributed by atoms with van der Waals surface area (Å²) in [5.74, 6) is 0.176. The van der Waals surface area contributed by atoms with E-state index in [-0.39, 0.29) is 5.91 Å². The molecule has 0 aliphatic carbocycles. The SMILES string of the molecule is CCCC(=O)n1c2ccccc2c2ccccc21. The second-order valence-corrected chi connectivity index (χ2v) is 4.51. The van der Waals surface area contributed by atoms with Gasteiger partial charge in [0.2, 0.25) is 5.91 Å². The summed E-state index contributed by atoms with van der Waals surface area (Å²) in [6.07, 6.45) is 1.46. The van der Waals surface area contributed by atoms with Crippen LogP contribution in [-0.4, -0.2) is 10.5 Å². The van der Waals surface area contributed by atoms with Crippen molar-refractivity contribution in [3.8, 4) is 0 Å². The summed E-state index contributed by atoms with van der Waals surface area (Å²) in [6, 6.07) is 16.2. The molecule has 0 saturated carbocycles. The number of fused-ring (bicyclic) bond motifs is 3. The molecule has 0 aliphatic heterocycles. The molecule has 2 heteroatoms. The zero-order chi connectivity index (χ0) is 12.5. The molecule has 0 aliphatic rings. The third-order valence-corrected chi connectivity index (χ3v) is 3.29. The molecule has 0 atom stereocenters. The smallest absolute Gasteiger partial charge is 0.231 e. The third kappa shape index (κ3) is 1.53. The van der Waals surface area contributed by atoms with E-state index in [4.69, 9.17) is 0 Å². The third-order valence-electron chi connectivity index (χ3n) is 3.29. The van der Waals surface area contributed by atoms with Gasteiger partial charge in [0, 0.05) is 17.2 Å². The Morgan fingerprint density at radius 2 is 1.44 bits per heavy atom. The number of aromatic nitrogens is 1. The van der Waals surface area contributed by atoms with Gasteiger partial charge in [0.25, 0.3) is 0 Å². The predicted octanol–water partition coefficient (Wildman–Crippen LogP) is 4.23. The molecular formula is C16H15NO. The maximum atomic E-state index is 12.3. The van der Waals surface area contributed by atoms with Crippen LogP contribution in [0.4, 0.5) is 0 Å². The Balaban J connectivity index is 2.41. The van der Waals surface area contributed by atoms with Gasteiger partial charge in [-0.25, -0.2) is 0 Å². The quantitative estimate of drug-likeness (QED) is 0.653. The zero-order valence-electron chi connectivity index (χ0n) is 10.4. The average Bonchev–Trinajstić information content (AvgIpc) is 2.73. The monoisotopic (exact) mass is 237 g/mol. The molecule has 3 rings (SSSR count). The highest BCUT2D eigenvalue weighted by Gasteiger charge is 2.13. The van der Waals surface area contributed by atoms with E-state index in [1.165, 1.54) is 0 Å². The lowest BCUT2D eigenvalue weighted by Crippen LogP contribution is -2.09. The summed E-state index contributed by atoms with van der Waals surface area (Å²) < 4.78 is 1.86. The van der Waals surface area contributed by atoms with Crippen molar-refractivity contribution in [2.75, 3.05) is 0 Å². The standard InChI is InChI=1S/C16H15NO/c1-2-7-16(18)17-14-10-5-3-8-12(14)13-9-4-6-11-15(13)17/h3-6,8-11H,2,7H2,1H3. The van der Waals surface area contributed by atoms with Gasteiger partial charge in [-0.1, -0.05) is 43.3 Å². The average molecular weight is 237 g/mol. The normalized spacial score (nSPS) is 11.2. The van der Waals surface area contributed by atoms with Crippen LogP contribution in [-0.2, 0) is 0 Å². The van der Waals surface area contributed by atoms with Gasteiger partial charge in [0.15, 0.2) is 0 Å². The van der Waals surface area contributed by atoms with Gasteiger partial charge >= 0.3 is 0 Å². The summed E-state index contributed by atoms with van der Waals surface area (Å²) in [6.45, 7) is 2.03. The second kappa shape index (κ2) is 4.30. The van der Waals surface area contributed by atoms with Gasteiger partial charge in [-0.15, -0.1) is 0 Å². The second-order valence-electron chi connectivity index (χ2n) is 4.51. The highest BCUT2D eigenvalue weighted by Crippen LogP contribution is 2.28. The van der Waals surface area contributed by atoms with Crippen molar-refractivity contribution in [3.05, 3.63) is 48.5 Å². The van der Waals surface area contributed by atoms with E-state index in [2.05, 4.69) is 12.1 Å². The van der Waals surface area contributed by atoms with E-state index in [1.807, 2.05) is 47.9 Å². The maximum Gasteiger partial charge on any atom is 0.231 e. The molecule has 0 N–H and O–H groups in total. The van der Waals surface area contributed by atoms with Crippen LogP contribution >= 0.6 is 0 Å². The van der Waals surface area contributed by atoms with E-state index in [0.29, 0.717) is 6.42 Å². The fourth-order valence-corrected chi connectivity index (χ4v) is 2.52. The molecule has 0 radical (unpaired) electrons. The highest BCUT2D eigenvalue weighted by molar-refractivity contribution is 6.13. The zero-order valence-corrected chi connectivity index (χ0v) is 10.4. The molecule has 1 heterocycles. The highest BCUT2D eigenvalue weighted by atomic mass is 16.2. The number of carbonyl (C=O) groups is 1. The van der Waals surface area contributed by atoms with Gasteiger partial charge in [-0.2, -0.15) is 0 Å². The van der Waals surface area contributed by atoms with Crippen LogP contribution in [0.5, 0.6) is 0 Å². The number of benzene rings is 2. The lowest BCUT2D eigenvalue weighted by molar-refractivity contribution is 0.0912. The molecule has 0 unspecified atom stereocenters. The summed E-state index contributed by atoms with van der Waals surface area (Å²) in [5.41, 5.74) is 2.02. The Bertz CT molecular complexity index is 671. The lowest BCUT2D eigenvalue weighted by atomic mass is 10.2. The number of para-hydroxylation sites is 2. The van der Waals surface area contributed by atoms with Crippen molar-refractivity contribution in [1.82, 2.24) is 4.57 Å². The van der Waals surface area contributed by atoms with Crippen LogP contribution in [0.2, 0.25) is 0 Å². The minimum absolute atomic E-state index is 0.176. The van der Waals surface area contributed by atoms with Gasteiger partial charge in [0.05, 0.1) is 11.0 Å². The van der Waals surface area contributed by atoms with E-state index < -0.39 is 0 Å². The number of nitrogens with zero attached hydrogens (tertiary/aromatic N) is 1. The molecule has 2 aromatic carbocycles. The Kier molecular flexibility index (Phi) is 2.63. The van der Waals surface area contributed by atoms with E-state index in [9.17, 15) is 4.79 Å². The summed E-state index contributed by atoms with van der Waals surface area (Å²) >= 11 is 0. The van der Waals surface area contributed by atoms with Crippen molar-refractivity contribution < 1.29 is 4.79 Å². The fourth-order valence-electron chi connectivity index (χ4n) is 2.52. The van der Waals surface area contributed by atoms with E-state index >= 15 is 0 Å². The molecule has 0 spiro atoms. The first-order chi connectivity index (χ1) is 8.83. The van der Waals surface area contributed by atoms with Gasteiger partial charge in [0.1, 0.15) is 0 Å². The van der Waals surface area contributed by atoms with Crippen molar-refractivity contribution in [1.29, 1.82) is 0 Å². The van der Waals surface area contributed by atoms with Gasteiger partial charge < -0.3 is 0 Å². The molecule has 2 nitrogen and oxygen atoms in total. The van der Waals surface area contributed by atoms with Crippen LogP contribution in [0, 0.1) is 0 Å². The van der Waals surface area contributed by atoms with Crippen molar-refractivity contribution in [2.45, 2.75) is 19.8 Å². The van der Waals surface area contributed by atoms with Gasteiger partial charge in [-0.3, -0.25) is 9.36 Å². The number of carbonyl (C=O) groups excluding carboxylic acids is 1. The minimum atomic E-state index is 0.176. The van der Waals surface area contributed by atoms with Crippen LogP contribution in [0.1, 0.15) is 24.6 Å². The predicted molar refractivity (Wildman–Crippen MR) is 75.0 cm³/mol. The molecule has 90 valence electrons.